The molecule has 1 aromatic carbocycles. The minimum Gasteiger partial charge on any atom is -0.497 e. The highest BCUT2D eigenvalue weighted by molar-refractivity contribution is 7.19. The van der Waals surface area contributed by atoms with Crippen LogP contribution in [0.2, 0.25) is 0 Å². The summed E-state index contributed by atoms with van der Waals surface area (Å²) in [6.07, 6.45) is 4.52. The lowest BCUT2D eigenvalue weighted by Gasteiger charge is -2.36. The second kappa shape index (κ2) is 9.53. The zero-order chi connectivity index (χ0) is 23.8. The highest BCUT2D eigenvalue weighted by Crippen LogP contribution is 2.42. The van der Waals surface area contributed by atoms with Crippen LogP contribution in [0.3, 0.4) is 0 Å². The van der Waals surface area contributed by atoms with Crippen LogP contribution in [0.1, 0.15) is 66.2 Å². The van der Waals surface area contributed by atoms with Crippen LogP contribution in [-0.2, 0) is 12.8 Å². The summed E-state index contributed by atoms with van der Waals surface area (Å²) in [5.41, 5.74) is 2.18. The number of hydrogen-bond donors (Lipinski definition) is 0. The minimum atomic E-state index is 0.0809. The Labute approximate surface area is 206 Å². The van der Waals surface area contributed by atoms with Crippen molar-refractivity contribution in [3.05, 3.63) is 46.1 Å². The number of anilines is 1. The smallest absolute Gasteiger partial charge is 0.253 e. The van der Waals surface area contributed by atoms with Crippen LogP contribution in [-0.4, -0.2) is 54.1 Å². The monoisotopic (exact) mass is 478 g/mol. The first kappa shape index (κ1) is 23.1. The molecule has 3 aromatic rings. The first-order chi connectivity index (χ1) is 16.5. The molecule has 1 amide bonds. The summed E-state index contributed by atoms with van der Waals surface area (Å²) in [5.74, 6) is 3.95. The molecule has 6 nitrogen and oxygen atoms in total. The van der Waals surface area contributed by atoms with Crippen molar-refractivity contribution < 1.29 is 9.53 Å². The van der Waals surface area contributed by atoms with Gasteiger partial charge in [0.15, 0.2) is 0 Å². The Morgan fingerprint density at radius 1 is 1.18 bits per heavy atom. The van der Waals surface area contributed by atoms with Crippen molar-refractivity contribution in [3.8, 4) is 5.75 Å². The zero-order valence-corrected chi connectivity index (χ0v) is 21.5. The molecule has 7 heteroatoms. The van der Waals surface area contributed by atoms with E-state index in [9.17, 15) is 4.79 Å². The average molecular weight is 479 g/mol. The molecule has 2 atom stereocenters. The molecular formula is C27H34N4O2S. The number of piperazine rings is 1. The van der Waals surface area contributed by atoms with Crippen molar-refractivity contribution in [1.29, 1.82) is 0 Å². The van der Waals surface area contributed by atoms with Gasteiger partial charge in [-0.25, -0.2) is 9.97 Å². The van der Waals surface area contributed by atoms with E-state index < -0.39 is 0 Å². The normalized spacial score (nSPS) is 19.2. The second-order valence-electron chi connectivity index (χ2n) is 9.75. The van der Waals surface area contributed by atoms with E-state index in [1.807, 2.05) is 40.5 Å². The number of fused-ring (bicyclic) bond motifs is 3. The summed E-state index contributed by atoms with van der Waals surface area (Å²) in [5, 5.41) is 1.27. The van der Waals surface area contributed by atoms with Gasteiger partial charge in [0, 0.05) is 42.5 Å². The van der Waals surface area contributed by atoms with Crippen LogP contribution in [0.25, 0.3) is 10.2 Å². The summed E-state index contributed by atoms with van der Waals surface area (Å²) < 4.78 is 5.22. The number of methoxy groups -OCH3 is 1. The molecule has 0 radical (unpaired) electrons. The highest BCUT2D eigenvalue weighted by atomic mass is 32.1. The molecule has 0 N–H and O–H groups in total. The first-order valence-corrected chi connectivity index (χ1v) is 13.3. The topological polar surface area (TPSA) is 58.6 Å². The lowest BCUT2D eigenvalue weighted by atomic mass is 9.89. The highest BCUT2D eigenvalue weighted by Gasteiger charge is 2.29. The van der Waals surface area contributed by atoms with Crippen molar-refractivity contribution >= 4 is 33.3 Å². The van der Waals surface area contributed by atoms with Gasteiger partial charge in [-0.2, -0.15) is 0 Å². The number of carbonyl (C=O) groups is 1. The van der Waals surface area contributed by atoms with Crippen molar-refractivity contribution in [2.24, 2.45) is 5.92 Å². The van der Waals surface area contributed by atoms with Crippen LogP contribution in [0, 0.1) is 5.92 Å². The molecule has 0 saturated carbocycles. The van der Waals surface area contributed by atoms with Crippen molar-refractivity contribution in [2.45, 2.75) is 52.4 Å². The van der Waals surface area contributed by atoms with E-state index in [0.29, 0.717) is 24.6 Å². The van der Waals surface area contributed by atoms with Crippen LogP contribution in [0.5, 0.6) is 5.75 Å². The first-order valence-electron chi connectivity index (χ1n) is 12.5. The quantitative estimate of drug-likeness (QED) is 0.498. The molecule has 0 bridgehead atoms. The third kappa shape index (κ3) is 4.26. The van der Waals surface area contributed by atoms with E-state index in [1.54, 1.807) is 7.11 Å². The summed E-state index contributed by atoms with van der Waals surface area (Å²) >= 11 is 1.88. The Kier molecular flexibility index (Phi) is 6.47. The van der Waals surface area contributed by atoms with E-state index in [2.05, 4.69) is 25.7 Å². The zero-order valence-electron chi connectivity index (χ0n) is 20.6. The summed E-state index contributed by atoms with van der Waals surface area (Å²) in [7, 11) is 1.64. The van der Waals surface area contributed by atoms with Crippen molar-refractivity contribution in [2.75, 3.05) is 38.2 Å². The van der Waals surface area contributed by atoms with Gasteiger partial charge in [0.1, 0.15) is 22.2 Å². The third-order valence-electron chi connectivity index (χ3n) is 7.41. The van der Waals surface area contributed by atoms with Crippen LogP contribution >= 0.6 is 11.3 Å². The van der Waals surface area contributed by atoms with Gasteiger partial charge >= 0.3 is 0 Å². The number of rotatable bonds is 5. The fourth-order valence-corrected chi connectivity index (χ4v) is 6.39. The SMILES string of the molecule is CC[C@@H](C)c1nc(N2CCN(C(=O)c3ccc(OC)cc3)CC2)c2c3c(sc2n1)C[C@H](C)CC3. The summed E-state index contributed by atoms with van der Waals surface area (Å²) in [4.78, 5) is 30.2. The number of nitrogens with zero attached hydrogens (tertiary/aromatic N) is 4. The van der Waals surface area contributed by atoms with Gasteiger partial charge in [-0.15, -0.1) is 11.3 Å². The Hall–Kier alpha value is -2.67. The van der Waals surface area contributed by atoms with Gasteiger partial charge in [0.2, 0.25) is 0 Å². The number of ether oxygens (including phenoxy) is 1. The maximum Gasteiger partial charge on any atom is 0.253 e. The van der Waals surface area contributed by atoms with Crippen LogP contribution in [0.4, 0.5) is 5.82 Å². The van der Waals surface area contributed by atoms with Gasteiger partial charge < -0.3 is 14.5 Å². The molecule has 2 aromatic heterocycles. The van der Waals surface area contributed by atoms with Gasteiger partial charge in [0.05, 0.1) is 12.5 Å². The maximum atomic E-state index is 13.1. The van der Waals surface area contributed by atoms with Crippen LogP contribution in [0.15, 0.2) is 24.3 Å². The lowest BCUT2D eigenvalue weighted by molar-refractivity contribution is 0.0746. The molecule has 3 heterocycles. The lowest BCUT2D eigenvalue weighted by Crippen LogP contribution is -2.49. The number of thiophene rings is 1. The Balaban J connectivity index is 1.42. The number of aromatic nitrogens is 2. The Bertz CT molecular complexity index is 1180. The largest absolute Gasteiger partial charge is 0.497 e. The van der Waals surface area contributed by atoms with E-state index in [4.69, 9.17) is 14.7 Å². The predicted octanol–water partition coefficient (Wildman–Crippen LogP) is 5.30. The fourth-order valence-electron chi connectivity index (χ4n) is 5.01. The number of aryl methyl sites for hydroxylation is 1. The molecule has 180 valence electrons. The Morgan fingerprint density at radius 2 is 1.91 bits per heavy atom. The number of carbonyl (C=O) groups excluding carboxylic acids is 1. The van der Waals surface area contributed by atoms with E-state index in [-0.39, 0.29) is 5.91 Å². The van der Waals surface area contributed by atoms with Gasteiger partial charge in [-0.05, 0) is 61.4 Å². The average Bonchev–Trinajstić information content (AvgIpc) is 3.24. The molecule has 0 unspecified atom stereocenters. The molecule has 1 aliphatic carbocycles. The van der Waals surface area contributed by atoms with Gasteiger partial charge in [0.25, 0.3) is 5.91 Å². The number of hydrogen-bond acceptors (Lipinski definition) is 6. The minimum absolute atomic E-state index is 0.0809. The molecule has 1 saturated heterocycles. The molecule has 1 aliphatic heterocycles. The standard InChI is InChI=1S/C27H34N4O2S/c1-5-18(3)24-28-25(23-21-11-6-17(2)16-22(21)34-26(23)29-24)30-12-14-31(15-13-30)27(32)19-7-9-20(33-4)10-8-19/h7-10,17-18H,5-6,11-16H2,1-4H3/t17-,18-/m1/s1. The predicted molar refractivity (Wildman–Crippen MR) is 138 cm³/mol. The molecular weight excluding hydrogens is 444 g/mol. The van der Waals surface area contributed by atoms with Crippen LogP contribution < -0.4 is 9.64 Å². The van der Waals surface area contributed by atoms with Crippen molar-refractivity contribution in [3.63, 3.8) is 0 Å². The molecule has 2 aliphatic rings. The summed E-state index contributed by atoms with van der Waals surface area (Å²) in [6.45, 7) is 9.72. The third-order valence-corrected chi connectivity index (χ3v) is 8.56. The molecule has 34 heavy (non-hydrogen) atoms. The molecule has 5 rings (SSSR count). The van der Waals surface area contributed by atoms with Crippen molar-refractivity contribution in [1.82, 2.24) is 14.9 Å². The summed E-state index contributed by atoms with van der Waals surface area (Å²) in [6, 6.07) is 7.38. The number of benzene rings is 1. The fraction of sp³-hybridized carbons (Fsp3) is 0.519. The number of amides is 1. The van der Waals surface area contributed by atoms with E-state index in [1.165, 1.54) is 22.2 Å². The van der Waals surface area contributed by atoms with Gasteiger partial charge in [-0.1, -0.05) is 20.8 Å². The molecule has 0 spiro atoms. The Morgan fingerprint density at radius 3 is 2.59 bits per heavy atom. The molecule has 1 fully saturated rings. The second-order valence-corrected chi connectivity index (χ2v) is 10.8. The van der Waals surface area contributed by atoms with E-state index >= 15 is 0 Å². The van der Waals surface area contributed by atoms with E-state index in [0.717, 1.165) is 60.5 Å². The maximum absolute atomic E-state index is 13.1. The van der Waals surface area contributed by atoms with Gasteiger partial charge in [-0.3, -0.25) is 4.79 Å².